The summed E-state index contributed by atoms with van der Waals surface area (Å²) in [6, 6.07) is 17.8. The first-order chi connectivity index (χ1) is 16.0. The summed E-state index contributed by atoms with van der Waals surface area (Å²) in [7, 11) is 0. The minimum absolute atomic E-state index is 0.0292. The standard InChI is InChI=1S/C26H28FN3O3/c1-2-28-25(32)26(17-21-16-23(29-33-21)19-9-4-3-5-10-19)13-8-14-30(18-26)24(31)15-20-11-6-7-12-22(20)27/h3-7,9-12,16H,2,8,13-15,17-18H2,1H3,(H,28,32). The van der Waals surface area contributed by atoms with E-state index in [1.165, 1.54) is 6.07 Å². The zero-order valence-electron chi connectivity index (χ0n) is 18.7. The normalized spacial score (nSPS) is 18.2. The van der Waals surface area contributed by atoms with Crippen LogP contribution >= 0.6 is 0 Å². The first-order valence-electron chi connectivity index (χ1n) is 11.3. The maximum atomic E-state index is 14.1. The number of benzene rings is 2. The van der Waals surface area contributed by atoms with E-state index >= 15 is 0 Å². The molecule has 172 valence electrons. The molecule has 0 bridgehead atoms. The quantitative estimate of drug-likeness (QED) is 0.591. The van der Waals surface area contributed by atoms with E-state index < -0.39 is 11.2 Å². The lowest BCUT2D eigenvalue weighted by Crippen LogP contribution is -2.54. The summed E-state index contributed by atoms with van der Waals surface area (Å²) in [4.78, 5) is 27.9. The Labute approximate surface area is 192 Å². The lowest BCUT2D eigenvalue weighted by molar-refractivity contribution is -0.141. The number of amides is 2. The van der Waals surface area contributed by atoms with E-state index in [1.807, 2.05) is 43.3 Å². The summed E-state index contributed by atoms with van der Waals surface area (Å²) in [5, 5.41) is 7.11. The molecule has 2 amide bonds. The fourth-order valence-corrected chi connectivity index (χ4v) is 4.49. The van der Waals surface area contributed by atoms with Crippen molar-refractivity contribution in [3.8, 4) is 11.3 Å². The van der Waals surface area contributed by atoms with Gasteiger partial charge in [0.1, 0.15) is 17.3 Å². The lowest BCUT2D eigenvalue weighted by atomic mass is 9.75. The number of nitrogens with one attached hydrogen (secondary N) is 1. The van der Waals surface area contributed by atoms with Gasteiger partial charge in [0.2, 0.25) is 11.8 Å². The largest absolute Gasteiger partial charge is 0.361 e. The molecule has 0 radical (unpaired) electrons. The first-order valence-corrected chi connectivity index (χ1v) is 11.3. The second-order valence-corrected chi connectivity index (χ2v) is 8.55. The van der Waals surface area contributed by atoms with Crippen LogP contribution < -0.4 is 5.32 Å². The van der Waals surface area contributed by atoms with Crippen LogP contribution in [0.15, 0.2) is 65.2 Å². The van der Waals surface area contributed by atoms with Gasteiger partial charge in [-0.15, -0.1) is 0 Å². The van der Waals surface area contributed by atoms with Crippen molar-refractivity contribution in [3.05, 3.63) is 77.8 Å². The van der Waals surface area contributed by atoms with Gasteiger partial charge in [-0.2, -0.15) is 0 Å². The molecular formula is C26H28FN3O3. The molecule has 4 rings (SSSR count). The average molecular weight is 450 g/mol. The zero-order chi connectivity index (χ0) is 23.3. The smallest absolute Gasteiger partial charge is 0.228 e. The van der Waals surface area contributed by atoms with E-state index in [0.29, 0.717) is 49.4 Å². The third-order valence-electron chi connectivity index (χ3n) is 6.19. The van der Waals surface area contributed by atoms with Crippen molar-refractivity contribution in [2.75, 3.05) is 19.6 Å². The average Bonchev–Trinajstić information content (AvgIpc) is 3.29. The number of piperidine rings is 1. The summed E-state index contributed by atoms with van der Waals surface area (Å²) < 4.78 is 19.7. The van der Waals surface area contributed by atoms with Crippen LogP contribution in [0.3, 0.4) is 0 Å². The van der Waals surface area contributed by atoms with Crippen molar-refractivity contribution in [1.29, 1.82) is 0 Å². The highest BCUT2D eigenvalue weighted by atomic mass is 19.1. The number of carbonyl (C=O) groups is 2. The second-order valence-electron chi connectivity index (χ2n) is 8.55. The van der Waals surface area contributed by atoms with Gasteiger partial charge in [-0.1, -0.05) is 53.7 Å². The van der Waals surface area contributed by atoms with E-state index in [-0.39, 0.29) is 24.8 Å². The van der Waals surface area contributed by atoms with Gasteiger partial charge in [0.05, 0.1) is 11.8 Å². The van der Waals surface area contributed by atoms with Crippen molar-refractivity contribution in [2.45, 2.75) is 32.6 Å². The molecule has 1 saturated heterocycles. The van der Waals surface area contributed by atoms with Gasteiger partial charge in [-0.05, 0) is 31.4 Å². The number of hydrogen-bond donors (Lipinski definition) is 1. The Morgan fingerprint density at radius 3 is 2.67 bits per heavy atom. The SMILES string of the molecule is CCNC(=O)C1(Cc2cc(-c3ccccc3)no2)CCCN(C(=O)Cc2ccccc2F)C1. The molecule has 0 spiro atoms. The zero-order valence-corrected chi connectivity index (χ0v) is 18.7. The van der Waals surface area contributed by atoms with Gasteiger partial charge >= 0.3 is 0 Å². The molecule has 3 aromatic rings. The molecule has 2 aromatic carbocycles. The Morgan fingerprint density at radius 2 is 1.91 bits per heavy atom. The number of aromatic nitrogens is 1. The highest BCUT2D eigenvalue weighted by molar-refractivity contribution is 5.85. The van der Waals surface area contributed by atoms with Crippen molar-refractivity contribution in [1.82, 2.24) is 15.4 Å². The molecule has 2 heterocycles. The summed E-state index contributed by atoms with van der Waals surface area (Å²) >= 11 is 0. The molecule has 1 atom stereocenters. The molecule has 0 saturated carbocycles. The van der Waals surface area contributed by atoms with E-state index in [1.54, 1.807) is 23.1 Å². The highest BCUT2D eigenvalue weighted by Crippen LogP contribution is 2.35. The Hall–Kier alpha value is -3.48. The van der Waals surface area contributed by atoms with Crippen LogP contribution in [0.1, 0.15) is 31.1 Å². The number of likely N-dealkylation sites (tertiary alicyclic amines) is 1. The molecular weight excluding hydrogens is 421 g/mol. The predicted octanol–water partition coefficient (Wildman–Crippen LogP) is 4.01. The summed E-state index contributed by atoms with van der Waals surface area (Å²) in [6.07, 6.45) is 1.62. The number of halogens is 1. The highest BCUT2D eigenvalue weighted by Gasteiger charge is 2.44. The van der Waals surface area contributed by atoms with Crippen LogP contribution in [0.2, 0.25) is 0 Å². The Bertz CT molecular complexity index is 1110. The van der Waals surface area contributed by atoms with Crippen LogP contribution in [0.5, 0.6) is 0 Å². The second kappa shape index (κ2) is 9.98. The Kier molecular flexibility index (Phi) is 6.87. The maximum absolute atomic E-state index is 14.1. The molecule has 1 aromatic heterocycles. The van der Waals surface area contributed by atoms with Crippen molar-refractivity contribution < 1.29 is 18.5 Å². The fraction of sp³-hybridized carbons (Fsp3) is 0.346. The molecule has 6 nitrogen and oxygen atoms in total. The van der Waals surface area contributed by atoms with Crippen LogP contribution in [0, 0.1) is 11.2 Å². The van der Waals surface area contributed by atoms with Gasteiger partial charge < -0.3 is 14.7 Å². The molecule has 1 unspecified atom stereocenters. The van der Waals surface area contributed by atoms with Crippen molar-refractivity contribution >= 4 is 11.8 Å². The summed E-state index contributed by atoms with van der Waals surface area (Å²) in [5.41, 5.74) is 1.18. The summed E-state index contributed by atoms with van der Waals surface area (Å²) in [6.45, 7) is 3.17. The van der Waals surface area contributed by atoms with Gasteiger partial charge in [0.25, 0.3) is 0 Å². The predicted molar refractivity (Wildman–Crippen MR) is 123 cm³/mol. The first kappa shape index (κ1) is 22.7. The minimum Gasteiger partial charge on any atom is -0.361 e. The van der Waals surface area contributed by atoms with Gasteiger partial charge in [0.15, 0.2) is 0 Å². The molecule has 1 N–H and O–H groups in total. The van der Waals surface area contributed by atoms with Crippen LogP contribution in [-0.4, -0.2) is 41.5 Å². The van der Waals surface area contributed by atoms with E-state index in [0.717, 1.165) is 5.56 Å². The van der Waals surface area contributed by atoms with Gasteiger partial charge in [-0.25, -0.2) is 4.39 Å². The van der Waals surface area contributed by atoms with Crippen molar-refractivity contribution in [2.24, 2.45) is 5.41 Å². The van der Waals surface area contributed by atoms with E-state index in [9.17, 15) is 14.0 Å². The van der Waals surface area contributed by atoms with Crippen molar-refractivity contribution in [3.63, 3.8) is 0 Å². The molecule has 33 heavy (non-hydrogen) atoms. The van der Waals surface area contributed by atoms with Gasteiger partial charge in [0, 0.05) is 37.7 Å². The number of nitrogens with zero attached hydrogens (tertiary/aromatic N) is 2. The molecule has 1 fully saturated rings. The minimum atomic E-state index is -0.827. The monoisotopic (exact) mass is 449 g/mol. The Balaban J connectivity index is 1.55. The maximum Gasteiger partial charge on any atom is 0.228 e. The Morgan fingerprint density at radius 1 is 1.15 bits per heavy atom. The van der Waals surface area contributed by atoms with Gasteiger partial charge in [-0.3, -0.25) is 9.59 Å². The van der Waals surface area contributed by atoms with Crippen LogP contribution in [0.4, 0.5) is 4.39 Å². The topological polar surface area (TPSA) is 75.4 Å². The molecule has 1 aliphatic rings. The molecule has 1 aliphatic heterocycles. The lowest BCUT2D eigenvalue weighted by Gasteiger charge is -2.41. The number of rotatable bonds is 7. The molecule has 7 heteroatoms. The number of carbonyl (C=O) groups excluding carboxylic acids is 2. The van der Waals surface area contributed by atoms with Crippen LogP contribution in [0.25, 0.3) is 11.3 Å². The third kappa shape index (κ3) is 5.13. The van der Waals surface area contributed by atoms with Crippen LogP contribution in [-0.2, 0) is 22.4 Å². The summed E-state index contributed by atoms with van der Waals surface area (Å²) in [5.74, 6) is -0.0847. The van der Waals surface area contributed by atoms with E-state index in [2.05, 4.69) is 10.5 Å². The molecule has 0 aliphatic carbocycles. The van der Waals surface area contributed by atoms with E-state index in [4.69, 9.17) is 4.52 Å². The third-order valence-corrected chi connectivity index (χ3v) is 6.19. The fourth-order valence-electron chi connectivity index (χ4n) is 4.49. The number of hydrogen-bond acceptors (Lipinski definition) is 4.